The van der Waals surface area contributed by atoms with E-state index in [4.69, 9.17) is 27.9 Å². The van der Waals surface area contributed by atoms with Gasteiger partial charge in [0.1, 0.15) is 17.4 Å². The Morgan fingerprint density at radius 1 is 1.09 bits per heavy atom. The lowest BCUT2D eigenvalue weighted by atomic mass is 10.2. The van der Waals surface area contributed by atoms with Gasteiger partial charge >= 0.3 is 0 Å². The number of piperazine rings is 1. The van der Waals surface area contributed by atoms with E-state index in [-0.39, 0.29) is 12.3 Å². The minimum atomic E-state index is -0.127. The Morgan fingerprint density at radius 3 is 2.56 bits per heavy atom. The summed E-state index contributed by atoms with van der Waals surface area (Å²) in [5, 5.41) is 6.97. The number of amides is 1. The molecule has 1 aliphatic rings. The number of aromatic nitrogens is 1. The molecule has 0 saturated carbocycles. The van der Waals surface area contributed by atoms with E-state index in [0.717, 1.165) is 48.3 Å². The van der Waals surface area contributed by atoms with E-state index in [1.807, 2.05) is 29.6 Å². The number of nitrogens with one attached hydrogen (secondary N) is 1. The summed E-state index contributed by atoms with van der Waals surface area (Å²) in [5.74, 6) is 0.597. The first-order chi connectivity index (χ1) is 15.5. The Labute approximate surface area is 201 Å². The van der Waals surface area contributed by atoms with E-state index in [9.17, 15) is 4.79 Å². The zero-order valence-corrected chi connectivity index (χ0v) is 20.0. The minimum absolute atomic E-state index is 0.127. The molecule has 2 heterocycles. The second-order valence-corrected chi connectivity index (χ2v) is 9.47. The summed E-state index contributed by atoms with van der Waals surface area (Å²) < 4.78 is 5.73. The average Bonchev–Trinajstić information content (AvgIpc) is 3.21. The third-order valence-corrected chi connectivity index (χ3v) is 6.55. The van der Waals surface area contributed by atoms with Gasteiger partial charge in [0.2, 0.25) is 5.91 Å². The SMILES string of the molecule is CN1CCN(c2ccc(Cl)cc2NC(=O)Cc2csc(COc3ccc(Cl)cc3)n2)CC1. The van der Waals surface area contributed by atoms with Gasteiger partial charge in [-0.15, -0.1) is 11.3 Å². The van der Waals surface area contributed by atoms with Gasteiger partial charge in [-0.1, -0.05) is 23.2 Å². The highest BCUT2D eigenvalue weighted by Gasteiger charge is 2.19. The molecule has 1 fully saturated rings. The lowest BCUT2D eigenvalue weighted by Gasteiger charge is -2.35. The molecule has 1 amide bonds. The molecule has 9 heteroatoms. The Kier molecular flexibility index (Phi) is 7.52. The summed E-state index contributed by atoms with van der Waals surface area (Å²) in [6, 6.07) is 12.8. The van der Waals surface area contributed by atoms with Gasteiger partial charge in [0.05, 0.1) is 23.5 Å². The zero-order valence-electron chi connectivity index (χ0n) is 17.7. The van der Waals surface area contributed by atoms with Crippen molar-refractivity contribution in [3.05, 3.63) is 68.6 Å². The molecule has 0 aliphatic carbocycles. The molecule has 1 saturated heterocycles. The number of ether oxygens (including phenoxy) is 1. The molecule has 0 radical (unpaired) electrons. The Hall–Kier alpha value is -2.32. The number of rotatable bonds is 7. The molecule has 0 spiro atoms. The Bertz CT molecular complexity index is 1070. The zero-order chi connectivity index (χ0) is 22.5. The van der Waals surface area contributed by atoms with Gasteiger partial charge in [-0.05, 0) is 49.5 Å². The molecule has 32 heavy (non-hydrogen) atoms. The van der Waals surface area contributed by atoms with Crippen LogP contribution in [0.25, 0.3) is 0 Å². The maximum atomic E-state index is 12.7. The van der Waals surface area contributed by atoms with Crippen LogP contribution in [-0.2, 0) is 17.8 Å². The number of anilines is 2. The van der Waals surface area contributed by atoms with Crippen LogP contribution in [0.15, 0.2) is 47.8 Å². The van der Waals surface area contributed by atoms with Crippen molar-refractivity contribution in [3.63, 3.8) is 0 Å². The summed E-state index contributed by atoms with van der Waals surface area (Å²) in [6.07, 6.45) is 0.187. The fourth-order valence-corrected chi connectivity index (χ4v) is 4.47. The summed E-state index contributed by atoms with van der Waals surface area (Å²) in [6.45, 7) is 4.12. The average molecular weight is 491 g/mol. The monoisotopic (exact) mass is 490 g/mol. The van der Waals surface area contributed by atoms with Gasteiger partial charge < -0.3 is 19.9 Å². The number of likely N-dealkylation sites (N-methyl/N-ethyl adjacent to an activating group) is 1. The topological polar surface area (TPSA) is 57.7 Å². The largest absolute Gasteiger partial charge is 0.486 e. The molecule has 4 rings (SSSR count). The number of nitrogens with zero attached hydrogens (tertiary/aromatic N) is 3. The predicted octanol–water partition coefficient (Wildman–Crippen LogP) is 4.96. The first kappa shape index (κ1) is 22.9. The highest BCUT2D eigenvalue weighted by Crippen LogP contribution is 2.30. The van der Waals surface area contributed by atoms with Crippen molar-refractivity contribution in [2.45, 2.75) is 13.0 Å². The van der Waals surface area contributed by atoms with Crippen molar-refractivity contribution in [2.75, 3.05) is 43.4 Å². The molecular formula is C23H24Cl2N4O2S. The molecular weight excluding hydrogens is 467 g/mol. The van der Waals surface area contributed by atoms with E-state index in [2.05, 4.69) is 27.1 Å². The molecule has 1 aliphatic heterocycles. The molecule has 3 aromatic rings. The van der Waals surface area contributed by atoms with Crippen LogP contribution in [0.5, 0.6) is 5.75 Å². The maximum Gasteiger partial charge on any atom is 0.230 e. The van der Waals surface area contributed by atoms with Crippen molar-refractivity contribution in [1.29, 1.82) is 0 Å². The Balaban J connectivity index is 1.36. The van der Waals surface area contributed by atoms with Gasteiger partial charge in [-0.25, -0.2) is 4.98 Å². The third kappa shape index (κ3) is 6.13. The number of thiazole rings is 1. The smallest absolute Gasteiger partial charge is 0.230 e. The molecule has 6 nitrogen and oxygen atoms in total. The highest BCUT2D eigenvalue weighted by molar-refractivity contribution is 7.09. The van der Waals surface area contributed by atoms with Gasteiger partial charge in [-0.2, -0.15) is 0 Å². The lowest BCUT2D eigenvalue weighted by molar-refractivity contribution is -0.115. The first-order valence-electron chi connectivity index (χ1n) is 10.3. The molecule has 168 valence electrons. The van der Waals surface area contributed by atoms with E-state index >= 15 is 0 Å². The van der Waals surface area contributed by atoms with Crippen LogP contribution in [0.1, 0.15) is 10.7 Å². The van der Waals surface area contributed by atoms with Crippen LogP contribution < -0.4 is 15.0 Å². The predicted molar refractivity (Wildman–Crippen MR) is 131 cm³/mol. The van der Waals surface area contributed by atoms with Crippen LogP contribution >= 0.6 is 34.5 Å². The van der Waals surface area contributed by atoms with E-state index in [0.29, 0.717) is 22.3 Å². The second-order valence-electron chi connectivity index (χ2n) is 7.65. The molecule has 0 unspecified atom stereocenters. The lowest BCUT2D eigenvalue weighted by Crippen LogP contribution is -2.44. The molecule has 2 aromatic carbocycles. The normalized spacial score (nSPS) is 14.4. The fraction of sp³-hybridized carbons (Fsp3) is 0.304. The van der Waals surface area contributed by atoms with Crippen LogP contribution in [0.3, 0.4) is 0 Å². The number of hydrogen-bond donors (Lipinski definition) is 1. The first-order valence-corrected chi connectivity index (χ1v) is 11.9. The summed E-state index contributed by atoms with van der Waals surface area (Å²) in [4.78, 5) is 21.8. The van der Waals surface area contributed by atoms with E-state index in [1.54, 1.807) is 18.2 Å². The number of carbonyl (C=O) groups excluding carboxylic acids is 1. The van der Waals surface area contributed by atoms with Crippen LogP contribution in [-0.4, -0.2) is 49.0 Å². The molecule has 0 atom stereocenters. The van der Waals surface area contributed by atoms with Gasteiger partial charge in [0, 0.05) is 41.6 Å². The Morgan fingerprint density at radius 2 is 1.81 bits per heavy atom. The molecule has 1 N–H and O–H groups in total. The van der Waals surface area contributed by atoms with Gasteiger partial charge in [0.25, 0.3) is 0 Å². The van der Waals surface area contributed by atoms with E-state index < -0.39 is 0 Å². The van der Waals surface area contributed by atoms with Crippen molar-refractivity contribution >= 4 is 51.8 Å². The minimum Gasteiger partial charge on any atom is -0.486 e. The highest BCUT2D eigenvalue weighted by atomic mass is 35.5. The van der Waals surface area contributed by atoms with Crippen molar-refractivity contribution in [3.8, 4) is 5.75 Å². The fourth-order valence-electron chi connectivity index (χ4n) is 3.46. The summed E-state index contributed by atoms with van der Waals surface area (Å²) in [5.41, 5.74) is 2.44. The van der Waals surface area contributed by atoms with Gasteiger partial charge in [-0.3, -0.25) is 4.79 Å². The maximum absolute atomic E-state index is 12.7. The summed E-state index contributed by atoms with van der Waals surface area (Å²) >= 11 is 13.6. The van der Waals surface area contributed by atoms with Crippen LogP contribution in [0, 0.1) is 0 Å². The van der Waals surface area contributed by atoms with Crippen molar-refractivity contribution in [2.24, 2.45) is 0 Å². The van der Waals surface area contributed by atoms with Crippen LogP contribution in [0.2, 0.25) is 10.0 Å². The van der Waals surface area contributed by atoms with Crippen LogP contribution in [0.4, 0.5) is 11.4 Å². The number of hydrogen-bond acceptors (Lipinski definition) is 6. The van der Waals surface area contributed by atoms with Gasteiger partial charge in [0.15, 0.2) is 0 Å². The second kappa shape index (κ2) is 10.5. The standard InChI is InChI=1S/C23H24Cl2N4O2S/c1-28-8-10-29(11-9-28)21-7-4-17(25)12-20(21)27-22(30)13-18-15-32-23(26-18)14-31-19-5-2-16(24)3-6-19/h2-7,12,15H,8-11,13-14H2,1H3,(H,27,30). The number of carbonyl (C=O) groups is 1. The quantitative estimate of drug-likeness (QED) is 0.506. The number of halogens is 2. The van der Waals surface area contributed by atoms with Crippen molar-refractivity contribution in [1.82, 2.24) is 9.88 Å². The van der Waals surface area contributed by atoms with Crippen molar-refractivity contribution < 1.29 is 9.53 Å². The molecule has 0 bridgehead atoms. The third-order valence-electron chi connectivity index (χ3n) is 5.19. The summed E-state index contributed by atoms with van der Waals surface area (Å²) in [7, 11) is 2.12. The number of benzene rings is 2. The molecule has 1 aromatic heterocycles. The van der Waals surface area contributed by atoms with E-state index in [1.165, 1.54) is 11.3 Å².